The van der Waals surface area contributed by atoms with Crippen LogP contribution >= 0.6 is 11.6 Å². The Labute approximate surface area is 131 Å². The summed E-state index contributed by atoms with van der Waals surface area (Å²) in [6, 6.07) is 5.54. The highest BCUT2D eigenvalue weighted by Gasteiger charge is 2.20. The fourth-order valence-corrected chi connectivity index (χ4v) is 1.91. The second kappa shape index (κ2) is 7.66. The highest BCUT2D eigenvalue weighted by molar-refractivity contribution is 6.32. The summed E-state index contributed by atoms with van der Waals surface area (Å²) in [5.74, 6) is 0.128. The smallest absolute Gasteiger partial charge is 0.347 e. The number of carbonyl (C=O) groups is 1. The third-order valence-corrected chi connectivity index (χ3v) is 3.07. The predicted molar refractivity (Wildman–Crippen MR) is 84.8 cm³/mol. The number of nitrogens with one attached hydrogen (secondary N) is 1. The molecule has 0 spiro atoms. The minimum Gasteiger partial charge on any atom is -0.477 e. The van der Waals surface area contributed by atoms with E-state index in [1.807, 2.05) is 12.1 Å². The van der Waals surface area contributed by atoms with E-state index < -0.39 is 12.1 Å². The number of ether oxygens (including phenoxy) is 2. The van der Waals surface area contributed by atoms with E-state index in [1.54, 1.807) is 19.9 Å². The van der Waals surface area contributed by atoms with E-state index in [0.717, 1.165) is 5.56 Å². The number of hydrogen-bond donors (Lipinski definition) is 1. The van der Waals surface area contributed by atoms with Crippen LogP contribution in [0.3, 0.4) is 0 Å². The van der Waals surface area contributed by atoms with Gasteiger partial charge in [0.2, 0.25) is 0 Å². The van der Waals surface area contributed by atoms with Crippen molar-refractivity contribution in [2.75, 3.05) is 6.61 Å². The highest BCUT2D eigenvalue weighted by atomic mass is 35.5. The standard InChI is InChI=1S/C16H24ClNO3/c1-6-20-15(19)11(2)21-14-12(8-7-9-13(14)17)10-18-16(3,4)5/h7-9,11,18H,6,10H2,1-5H3. The molecule has 0 amide bonds. The Bertz CT molecular complexity index is 483. The van der Waals surface area contributed by atoms with Gasteiger partial charge in [0.15, 0.2) is 6.10 Å². The number of esters is 1. The van der Waals surface area contributed by atoms with E-state index >= 15 is 0 Å². The van der Waals surface area contributed by atoms with Gasteiger partial charge >= 0.3 is 5.97 Å². The summed E-state index contributed by atoms with van der Waals surface area (Å²) >= 11 is 6.20. The molecule has 0 aliphatic rings. The van der Waals surface area contributed by atoms with Crippen molar-refractivity contribution in [3.63, 3.8) is 0 Å². The fourth-order valence-electron chi connectivity index (χ4n) is 1.67. The molecule has 0 saturated carbocycles. The second-order valence-corrected chi connectivity index (χ2v) is 6.25. The van der Waals surface area contributed by atoms with Crippen LogP contribution in [0.2, 0.25) is 5.02 Å². The number of rotatable bonds is 6. The molecule has 1 aromatic carbocycles. The van der Waals surface area contributed by atoms with Crippen molar-refractivity contribution in [1.82, 2.24) is 5.32 Å². The summed E-state index contributed by atoms with van der Waals surface area (Å²) in [5.41, 5.74) is 0.889. The van der Waals surface area contributed by atoms with E-state index in [2.05, 4.69) is 26.1 Å². The second-order valence-electron chi connectivity index (χ2n) is 5.84. The lowest BCUT2D eigenvalue weighted by atomic mass is 10.1. The third kappa shape index (κ3) is 5.94. The largest absolute Gasteiger partial charge is 0.477 e. The first kappa shape index (κ1) is 17.8. The molecule has 5 heteroatoms. The molecule has 4 nitrogen and oxygen atoms in total. The molecule has 21 heavy (non-hydrogen) atoms. The molecule has 0 aliphatic carbocycles. The van der Waals surface area contributed by atoms with Gasteiger partial charge in [0, 0.05) is 17.6 Å². The van der Waals surface area contributed by atoms with Crippen LogP contribution in [-0.2, 0) is 16.1 Å². The molecule has 0 aromatic heterocycles. The van der Waals surface area contributed by atoms with Crippen LogP contribution in [-0.4, -0.2) is 24.2 Å². The van der Waals surface area contributed by atoms with Gasteiger partial charge in [-0.15, -0.1) is 0 Å². The number of para-hydroxylation sites is 1. The molecule has 1 unspecified atom stereocenters. The van der Waals surface area contributed by atoms with E-state index in [1.165, 1.54) is 0 Å². The Hall–Kier alpha value is -1.26. The minimum atomic E-state index is -0.696. The Kier molecular flexibility index (Phi) is 6.49. The Morgan fingerprint density at radius 1 is 1.38 bits per heavy atom. The number of carbonyl (C=O) groups excluding carboxylic acids is 1. The molecule has 118 valence electrons. The molecule has 0 saturated heterocycles. The van der Waals surface area contributed by atoms with Crippen LogP contribution in [0.15, 0.2) is 18.2 Å². The maximum absolute atomic E-state index is 11.7. The minimum absolute atomic E-state index is 0.0215. The van der Waals surface area contributed by atoms with Crippen molar-refractivity contribution in [3.05, 3.63) is 28.8 Å². The van der Waals surface area contributed by atoms with Gasteiger partial charge in [-0.25, -0.2) is 4.79 Å². The molecular weight excluding hydrogens is 290 g/mol. The van der Waals surface area contributed by atoms with Gasteiger partial charge < -0.3 is 14.8 Å². The third-order valence-electron chi connectivity index (χ3n) is 2.77. The fraction of sp³-hybridized carbons (Fsp3) is 0.562. The van der Waals surface area contributed by atoms with Crippen LogP contribution in [0.4, 0.5) is 0 Å². The first-order valence-corrected chi connectivity index (χ1v) is 7.48. The van der Waals surface area contributed by atoms with Crippen molar-refractivity contribution in [2.45, 2.75) is 52.8 Å². The summed E-state index contributed by atoms with van der Waals surface area (Å²) in [5, 5.41) is 3.86. The molecule has 0 heterocycles. The van der Waals surface area contributed by atoms with Crippen molar-refractivity contribution in [2.24, 2.45) is 0 Å². The summed E-state index contributed by atoms with van der Waals surface area (Å²) in [4.78, 5) is 11.7. The van der Waals surface area contributed by atoms with Crippen LogP contribution in [0.1, 0.15) is 40.2 Å². The molecule has 1 atom stereocenters. The lowest BCUT2D eigenvalue weighted by Crippen LogP contribution is -2.35. The zero-order chi connectivity index (χ0) is 16.0. The average molecular weight is 314 g/mol. The van der Waals surface area contributed by atoms with Crippen molar-refractivity contribution < 1.29 is 14.3 Å². The van der Waals surface area contributed by atoms with E-state index in [9.17, 15) is 4.79 Å². The first-order chi connectivity index (χ1) is 9.74. The highest BCUT2D eigenvalue weighted by Crippen LogP contribution is 2.30. The van der Waals surface area contributed by atoms with Crippen LogP contribution < -0.4 is 10.1 Å². The van der Waals surface area contributed by atoms with Crippen molar-refractivity contribution in [3.8, 4) is 5.75 Å². The van der Waals surface area contributed by atoms with E-state index in [0.29, 0.717) is 23.9 Å². The summed E-state index contributed by atoms with van der Waals surface area (Å²) in [6.07, 6.45) is -0.696. The van der Waals surface area contributed by atoms with Gasteiger partial charge in [-0.2, -0.15) is 0 Å². The number of halogens is 1. The molecular formula is C16H24ClNO3. The van der Waals surface area contributed by atoms with Gasteiger partial charge in [-0.1, -0.05) is 23.7 Å². The molecule has 0 radical (unpaired) electrons. The Morgan fingerprint density at radius 2 is 2.05 bits per heavy atom. The molecule has 1 aromatic rings. The average Bonchev–Trinajstić information content (AvgIpc) is 2.38. The maximum atomic E-state index is 11.7. The normalized spacial score (nSPS) is 12.9. The zero-order valence-corrected chi connectivity index (χ0v) is 14.1. The topological polar surface area (TPSA) is 47.6 Å². The van der Waals surface area contributed by atoms with E-state index in [4.69, 9.17) is 21.1 Å². The Balaban J connectivity index is 2.87. The quantitative estimate of drug-likeness (QED) is 0.816. The first-order valence-electron chi connectivity index (χ1n) is 7.10. The van der Waals surface area contributed by atoms with Crippen LogP contribution in [0.5, 0.6) is 5.75 Å². The SMILES string of the molecule is CCOC(=O)C(C)Oc1c(Cl)cccc1CNC(C)(C)C. The molecule has 0 aliphatic heterocycles. The number of hydrogen-bond acceptors (Lipinski definition) is 4. The molecule has 1 N–H and O–H groups in total. The van der Waals surface area contributed by atoms with Crippen molar-refractivity contribution in [1.29, 1.82) is 0 Å². The van der Waals surface area contributed by atoms with Gasteiger partial charge in [-0.3, -0.25) is 0 Å². The predicted octanol–water partition coefficient (Wildman–Crippen LogP) is 3.56. The monoisotopic (exact) mass is 313 g/mol. The van der Waals surface area contributed by atoms with Crippen LogP contribution in [0, 0.1) is 0 Å². The van der Waals surface area contributed by atoms with Gasteiger partial charge in [0.1, 0.15) is 5.75 Å². The van der Waals surface area contributed by atoms with Crippen LogP contribution in [0.25, 0.3) is 0 Å². The van der Waals surface area contributed by atoms with E-state index in [-0.39, 0.29) is 5.54 Å². The lowest BCUT2D eigenvalue weighted by Gasteiger charge is -2.23. The molecule has 0 fully saturated rings. The maximum Gasteiger partial charge on any atom is 0.347 e. The zero-order valence-electron chi connectivity index (χ0n) is 13.3. The summed E-state index contributed by atoms with van der Waals surface area (Å²) in [6.45, 7) is 10.6. The molecule has 0 bridgehead atoms. The number of benzene rings is 1. The van der Waals surface area contributed by atoms with Crippen molar-refractivity contribution >= 4 is 17.6 Å². The van der Waals surface area contributed by atoms with Gasteiger partial charge in [0.05, 0.1) is 11.6 Å². The molecule has 1 rings (SSSR count). The van der Waals surface area contributed by atoms with Gasteiger partial charge in [-0.05, 0) is 40.7 Å². The lowest BCUT2D eigenvalue weighted by molar-refractivity contribution is -0.150. The summed E-state index contributed by atoms with van der Waals surface area (Å²) in [7, 11) is 0. The summed E-state index contributed by atoms with van der Waals surface area (Å²) < 4.78 is 10.7. The Morgan fingerprint density at radius 3 is 2.62 bits per heavy atom. The van der Waals surface area contributed by atoms with Gasteiger partial charge in [0.25, 0.3) is 0 Å².